The molecule has 4 atom stereocenters. The summed E-state index contributed by atoms with van der Waals surface area (Å²) in [6, 6.07) is 5.94. The molecule has 1 aliphatic carbocycles. The first-order valence-electron chi connectivity index (χ1n) is 11.0. The molecule has 186 valence electrons. The second kappa shape index (κ2) is 9.75. The molecular formula is C23H30F3N5O3. The number of halogens is 3. The molecule has 8 nitrogen and oxygen atoms in total. The Labute approximate surface area is 195 Å². The average Bonchev–Trinajstić information content (AvgIpc) is 3.17. The van der Waals surface area contributed by atoms with Crippen LogP contribution < -0.4 is 11.1 Å². The molecule has 1 fully saturated rings. The zero-order valence-electron chi connectivity index (χ0n) is 19.3. The fraction of sp³-hybridized carbons (Fsp3) is 0.522. The summed E-state index contributed by atoms with van der Waals surface area (Å²) in [7, 11) is 1.65. The minimum absolute atomic E-state index is 0.0659. The number of hydrogen-bond acceptors (Lipinski definition) is 6. The molecule has 1 aromatic heterocycles. The number of aliphatic imine (C=N–C) groups is 1. The van der Waals surface area contributed by atoms with Crippen molar-refractivity contribution in [3.63, 3.8) is 0 Å². The number of amides is 1. The van der Waals surface area contributed by atoms with E-state index in [0.717, 1.165) is 0 Å². The van der Waals surface area contributed by atoms with Gasteiger partial charge in [0.25, 0.3) is 5.91 Å². The SMILES string of the molecule is CN=C[C@H]1C[C@@H](O)CC[C@@H]1n1cc(C(N)=O)c(Nc2ccc(C(C)(C)C(O)C(F)(F)F)cc2)n1. The molecule has 0 bridgehead atoms. The van der Waals surface area contributed by atoms with Crippen molar-refractivity contribution in [2.24, 2.45) is 16.6 Å². The monoisotopic (exact) mass is 481 g/mol. The number of anilines is 2. The largest absolute Gasteiger partial charge is 0.415 e. The fourth-order valence-corrected chi connectivity index (χ4v) is 4.37. The molecule has 1 unspecified atom stereocenters. The van der Waals surface area contributed by atoms with Crippen LogP contribution >= 0.6 is 0 Å². The summed E-state index contributed by atoms with van der Waals surface area (Å²) in [6.45, 7) is 2.63. The predicted octanol–water partition coefficient (Wildman–Crippen LogP) is 3.33. The Morgan fingerprint density at radius 1 is 1.29 bits per heavy atom. The normalized spacial score (nSPS) is 22.6. The lowest BCUT2D eigenvalue weighted by Crippen LogP contribution is -2.44. The standard InChI is InChI=1S/C23H30F3N5O3/c1-22(2,21(34)23(24,25)26)14-4-6-15(7-5-14)29-20-17(19(27)33)12-31(30-20)18-9-8-16(32)10-13(18)11-28-3/h4-7,11-13,16,18,21,32,34H,8-10H2,1-3H3,(H2,27,33)(H,29,30)/t13-,16+,18+,21?/m1/s1. The van der Waals surface area contributed by atoms with E-state index >= 15 is 0 Å². The van der Waals surface area contributed by atoms with Gasteiger partial charge in [-0.25, -0.2) is 0 Å². The van der Waals surface area contributed by atoms with Crippen LogP contribution in [0.15, 0.2) is 35.5 Å². The highest BCUT2D eigenvalue weighted by Gasteiger charge is 2.48. The maximum absolute atomic E-state index is 13.0. The van der Waals surface area contributed by atoms with Crippen molar-refractivity contribution in [3.8, 4) is 0 Å². The number of aromatic nitrogens is 2. The average molecular weight is 482 g/mol. The molecule has 34 heavy (non-hydrogen) atoms. The summed E-state index contributed by atoms with van der Waals surface area (Å²) in [5.41, 5.74) is 4.94. The van der Waals surface area contributed by atoms with Crippen molar-refractivity contribution in [3.05, 3.63) is 41.6 Å². The van der Waals surface area contributed by atoms with Gasteiger partial charge in [0.15, 0.2) is 11.9 Å². The summed E-state index contributed by atoms with van der Waals surface area (Å²) >= 11 is 0. The predicted molar refractivity (Wildman–Crippen MR) is 122 cm³/mol. The highest BCUT2D eigenvalue weighted by Crippen LogP contribution is 2.37. The number of alkyl halides is 3. The van der Waals surface area contributed by atoms with Crippen LogP contribution in [0.1, 0.15) is 55.1 Å². The van der Waals surface area contributed by atoms with Crippen molar-refractivity contribution in [2.45, 2.75) is 63.0 Å². The van der Waals surface area contributed by atoms with Gasteiger partial charge in [0.05, 0.1) is 12.1 Å². The molecule has 11 heteroatoms. The number of primary amides is 1. The minimum atomic E-state index is -4.75. The molecule has 0 aliphatic heterocycles. The van der Waals surface area contributed by atoms with Gasteiger partial charge in [0, 0.05) is 36.5 Å². The highest BCUT2D eigenvalue weighted by atomic mass is 19.4. The van der Waals surface area contributed by atoms with Crippen molar-refractivity contribution in [1.82, 2.24) is 9.78 Å². The first-order valence-corrected chi connectivity index (χ1v) is 11.0. The van der Waals surface area contributed by atoms with E-state index < -0.39 is 29.7 Å². The number of hydrogen-bond donors (Lipinski definition) is 4. The zero-order valence-corrected chi connectivity index (χ0v) is 19.3. The first-order chi connectivity index (χ1) is 15.8. The van der Waals surface area contributed by atoms with Gasteiger partial charge in [0.1, 0.15) is 5.56 Å². The molecular weight excluding hydrogens is 451 g/mol. The van der Waals surface area contributed by atoms with Crippen LogP contribution in [0.25, 0.3) is 0 Å². The highest BCUT2D eigenvalue weighted by molar-refractivity contribution is 5.98. The van der Waals surface area contributed by atoms with Crippen LogP contribution in [-0.4, -0.2) is 57.5 Å². The summed E-state index contributed by atoms with van der Waals surface area (Å²) in [5, 5.41) is 27.3. The van der Waals surface area contributed by atoms with Crippen LogP contribution in [0.5, 0.6) is 0 Å². The third-order valence-corrected chi connectivity index (χ3v) is 6.40. The van der Waals surface area contributed by atoms with E-state index in [1.54, 1.807) is 36.3 Å². The van der Waals surface area contributed by atoms with Crippen LogP contribution in [0.3, 0.4) is 0 Å². The number of aliphatic hydroxyl groups excluding tert-OH is 2. The lowest BCUT2D eigenvalue weighted by molar-refractivity contribution is -0.221. The van der Waals surface area contributed by atoms with Gasteiger partial charge in [-0.05, 0) is 37.0 Å². The van der Waals surface area contributed by atoms with E-state index in [1.807, 2.05) is 0 Å². The summed E-state index contributed by atoms with van der Waals surface area (Å²) in [5.74, 6) is -0.534. The van der Waals surface area contributed by atoms with Crippen LogP contribution in [0.2, 0.25) is 0 Å². The summed E-state index contributed by atoms with van der Waals surface area (Å²) < 4.78 is 40.7. The molecule has 1 saturated carbocycles. The van der Waals surface area contributed by atoms with Gasteiger partial charge in [-0.15, -0.1) is 0 Å². The van der Waals surface area contributed by atoms with Gasteiger partial charge < -0.3 is 26.3 Å². The van der Waals surface area contributed by atoms with Gasteiger partial charge in [-0.2, -0.15) is 18.3 Å². The lowest BCUT2D eigenvalue weighted by atomic mass is 9.79. The van der Waals surface area contributed by atoms with Gasteiger partial charge in [-0.3, -0.25) is 9.48 Å². The molecule has 5 N–H and O–H groups in total. The fourth-order valence-electron chi connectivity index (χ4n) is 4.37. The quantitative estimate of drug-likeness (QED) is 0.452. The molecule has 1 amide bonds. The van der Waals surface area contributed by atoms with Crippen molar-refractivity contribution in [1.29, 1.82) is 0 Å². The number of nitrogens with one attached hydrogen (secondary N) is 1. The Bertz CT molecular complexity index is 1030. The van der Waals surface area contributed by atoms with E-state index in [-0.39, 0.29) is 23.3 Å². The minimum Gasteiger partial charge on any atom is -0.393 e. The van der Waals surface area contributed by atoms with Crippen LogP contribution in [0, 0.1) is 5.92 Å². The van der Waals surface area contributed by atoms with Crippen molar-refractivity contribution >= 4 is 23.6 Å². The molecule has 1 heterocycles. The molecule has 2 aromatic rings. The van der Waals surface area contributed by atoms with Crippen LogP contribution in [0.4, 0.5) is 24.7 Å². The second-order valence-corrected chi connectivity index (χ2v) is 9.21. The number of benzene rings is 1. The number of nitrogens with zero attached hydrogens (tertiary/aromatic N) is 3. The second-order valence-electron chi connectivity index (χ2n) is 9.21. The van der Waals surface area contributed by atoms with Gasteiger partial charge >= 0.3 is 6.18 Å². The Kier molecular flexibility index (Phi) is 7.37. The third-order valence-electron chi connectivity index (χ3n) is 6.40. The summed E-state index contributed by atoms with van der Waals surface area (Å²) in [6.07, 6.45) is -2.62. The van der Waals surface area contributed by atoms with Gasteiger partial charge in [0.2, 0.25) is 0 Å². The van der Waals surface area contributed by atoms with Crippen LogP contribution in [-0.2, 0) is 5.41 Å². The number of carbonyl (C=O) groups is 1. The Hall–Kier alpha value is -2.92. The Balaban J connectivity index is 1.86. The molecule has 0 saturated heterocycles. The molecule has 1 aromatic carbocycles. The summed E-state index contributed by atoms with van der Waals surface area (Å²) in [4.78, 5) is 16.1. The number of rotatable bonds is 7. The number of carbonyl (C=O) groups excluding carboxylic acids is 1. The third kappa shape index (κ3) is 5.41. The van der Waals surface area contributed by atoms with E-state index in [9.17, 15) is 28.2 Å². The van der Waals surface area contributed by atoms with Gasteiger partial charge in [-0.1, -0.05) is 26.0 Å². The van der Waals surface area contributed by atoms with Crippen molar-refractivity contribution in [2.75, 3.05) is 12.4 Å². The molecule has 0 spiro atoms. The lowest BCUT2D eigenvalue weighted by Gasteiger charge is -2.32. The smallest absolute Gasteiger partial charge is 0.393 e. The first kappa shape index (κ1) is 25.7. The zero-order chi connectivity index (χ0) is 25.3. The van der Waals surface area contributed by atoms with E-state index in [4.69, 9.17) is 5.73 Å². The number of nitrogens with two attached hydrogens (primary N) is 1. The van der Waals surface area contributed by atoms with E-state index in [1.165, 1.54) is 26.0 Å². The molecule has 0 radical (unpaired) electrons. The van der Waals surface area contributed by atoms with E-state index in [2.05, 4.69) is 15.4 Å². The topological polar surface area (TPSA) is 126 Å². The Morgan fingerprint density at radius 3 is 2.50 bits per heavy atom. The molecule has 1 aliphatic rings. The maximum Gasteiger partial charge on any atom is 0.415 e. The number of aliphatic hydroxyl groups is 2. The molecule has 3 rings (SSSR count). The van der Waals surface area contributed by atoms with E-state index in [0.29, 0.717) is 30.5 Å². The Morgan fingerprint density at radius 2 is 1.94 bits per heavy atom. The van der Waals surface area contributed by atoms with Crippen molar-refractivity contribution < 1.29 is 28.2 Å². The maximum atomic E-state index is 13.0.